The lowest BCUT2D eigenvalue weighted by Crippen LogP contribution is -2.44. The molecular formula is C16H24N2S. The molecular weight excluding hydrogens is 252 g/mol. The molecule has 3 heteroatoms. The third kappa shape index (κ3) is 3.82. The molecule has 1 aromatic heterocycles. The van der Waals surface area contributed by atoms with E-state index in [1.165, 1.54) is 17.8 Å². The molecule has 3 atom stereocenters. The van der Waals surface area contributed by atoms with Crippen LogP contribution < -0.4 is 5.73 Å². The lowest BCUT2D eigenvalue weighted by molar-refractivity contribution is 0.0739. The second-order valence-corrected chi connectivity index (χ2v) is 6.93. The first-order chi connectivity index (χ1) is 9.10. The molecule has 0 aromatic carbocycles. The van der Waals surface area contributed by atoms with Crippen LogP contribution in [0.5, 0.6) is 0 Å². The zero-order valence-corrected chi connectivity index (χ0v) is 13.0. The van der Waals surface area contributed by atoms with Gasteiger partial charge in [0.25, 0.3) is 0 Å². The van der Waals surface area contributed by atoms with E-state index in [2.05, 4.69) is 49.6 Å². The van der Waals surface area contributed by atoms with Crippen LogP contribution in [0.25, 0.3) is 0 Å². The molecule has 1 aromatic rings. The molecule has 1 aliphatic rings. The Hall–Kier alpha value is -0.820. The molecule has 0 bridgehead atoms. The van der Waals surface area contributed by atoms with Crippen LogP contribution >= 0.6 is 11.3 Å². The zero-order chi connectivity index (χ0) is 13.8. The van der Waals surface area contributed by atoms with Crippen molar-refractivity contribution in [1.29, 1.82) is 0 Å². The number of likely N-dealkylation sites (tertiary alicyclic amines) is 1. The van der Waals surface area contributed by atoms with E-state index in [1.807, 2.05) is 0 Å². The lowest BCUT2D eigenvalue weighted by atomic mass is 9.86. The molecule has 2 heterocycles. The largest absolute Gasteiger partial charge is 0.320 e. The van der Waals surface area contributed by atoms with Gasteiger partial charge in [-0.25, -0.2) is 0 Å². The van der Waals surface area contributed by atoms with Gasteiger partial charge < -0.3 is 5.73 Å². The number of nitrogens with zero attached hydrogens (tertiary/aromatic N) is 1. The molecule has 0 amide bonds. The van der Waals surface area contributed by atoms with E-state index < -0.39 is 0 Å². The van der Waals surface area contributed by atoms with E-state index in [1.54, 1.807) is 11.3 Å². The SMILES string of the molecule is CC1CC(C)C(C)N(Cc2ccc(C#CCN)s2)C1. The lowest BCUT2D eigenvalue weighted by Gasteiger charge is -2.40. The van der Waals surface area contributed by atoms with Crippen molar-refractivity contribution in [2.24, 2.45) is 17.6 Å². The first-order valence-corrected chi connectivity index (χ1v) is 7.93. The summed E-state index contributed by atoms with van der Waals surface area (Å²) >= 11 is 1.80. The molecule has 2 rings (SSSR count). The number of nitrogens with two attached hydrogens (primary N) is 1. The van der Waals surface area contributed by atoms with E-state index in [0.717, 1.165) is 23.3 Å². The van der Waals surface area contributed by atoms with Gasteiger partial charge in [-0.3, -0.25) is 4.90 Å². The topological polar surface area (TPSA) is 29.3 Å². The van der Waals surface area contributed by atoms with Crippen LogP contribution in [0, 0.1) is 23.7 Å². The molecule has 2 nitrogen and oxygen atoms in total. The van der Waals surface area contributed by atoms with E-state index in [-0.39, 0.29) is 0 Å². The fraction of sp³-hybridized carbons (Fsp3) is 0.625. The summed E-state index contributed by atoms with van der Waals surface area (Å²) in [6, 6.07) is 5.00. The predicted octanol–water partition coefficient (Wildman–Crippen LogP) is 2.92. The maximum absolute atomic E-state index is 5.40. The van der Waals surface area contributed by atoms with Crippen LogP contribution in [0.3, 0.4) is 0 Å². The second-order valence-electron chi connectivity index (χ2n) is 5.76. The summed E-state index contributed by atoms with van der Waals surface area (Å²) in [5.41, 5.74) is 5.40. The smallest absolute Gasteiger partial charge is 0.0772 e. The van der Waals surface area contributed by atoms with Crippen LogP contribution in [-0.4, -0.2) is 24.0 Å². The molecule has 3 unspecified atom stereocenters. The maximum atomic E-state index is 5.40. The molecule has 1 fully saturated rings. The fourth-order valence-corrected chi connectivity index (χ4v) is 3.82. The average Bonchev–Trinajstić information content (AvgIpc) is 2.80. The monoisotopic (exact) mass is 276 g/mol. The fourth-order valence-electron chi connectivity index (χ4n) is 2.91. The number of thiophene rings is 1. The Balaban J connectivity index is 2.01. The van der Waals surface area contributed by atoms with E-state index in [4.69, 9.17) is 5.73 Å². The van der Waals surface area contributed by atoms with E-state index >= 15 is 0 Å². The van der Waals surface area contributed by atoms with E-state index in [0.29, 0.717) is 12.6 Å². The molecule has 0 saturated carbocycles. The summed E-state index contributed by atoms with van der Waals surface area (Å²) in [5, 5.41) is 0. The Bertz CT molecular complexity index is 469. The Kier molecular flexibility index (Phi) is 5.04. The minimum absolute atomic E-state index is 0.436. The third-order valence-electron chi connectivity index (χ3n) is 4.05. The van der Waals surface area contributed by atoms with Crippen molar-refractivity contribution in [3.05, 3.63) is 21.9 Å². The number of rotatable bonds is 2. The number of hydrogen-bond donors (Lipinski definition) is 1. The normalized spacial score (nSPS) is 27.9. The van der Waals surface area contributed by atoms with Crippen LogP contribution in [0.2, 0.25) is 0 Å². The third-order valence-corrected chi connectivity index (χ3v) is 5.04. The number of piperidine rings is 1. The zero-order valence-electron chi connectivity index (χ0n) is 12.1. The first-order valence-electron chi connectivity index (χ1n) is 7.12. The highest BCUT2D eigenvalue weighted by atomic mass is 32.1. The van der Waals surface area contributed by atoms with Gasteiger partial charge in [0.1, 0.15) is 0 Å². The Morgan fingerprint density at radius 3 is 2.89 bits per heavy atom. The highest BCUT2D eigenvalue weighted by Gasteiger charge is 2.28. The van der Waals surface area contributed by atoms with Gasteiger partial charge in [-0.05, 0) is 37.3 Å². The highest BCUT2D eigenvalue weighted by Crippen LogP contribution is 2.29. The standard InChI is InChI=1S/C16H24N2S/c1-12-9-13(2)14(3)18(10-12)11-16-7-6-15(19-16)5-4-8-17/h6-7,12-14H,8-11,17H2,1-3H3. The summed E-state index contributed by atoms with van der Waals surface area (Å²) in [6.07, 6.45) is 1.36. The van der Waals surface area contributed by atoms with Crippen LogP contribution in [0.1, 0.15) is 36.9 Å². The Morgan fingerprint density at radius 1 is 1.37 bits per heavy atom. The van der Waals surface area contributed by atoms with Gasteiger partial charge in [-0.1, -0.05) is 25.7 Å². The van der Waals surface area contributed by atoms with Crippen LogP contribution in [-0.2, 0) is 6.54 Å². The van der Waals surface area contributed by atoms with Crippen LogP contribution in [0.15, 0.2) is 12.1 Å². The minimum Gasteiger partial charge on any atom is -0.320 e. The molecule has 1 saturated heterocycles. The van der Waals surface area contributed by atoms with Gasteiger partial charge in [-0.15, -0.1) is 11.3 Å². The van der Waals surface area contributed by atoms with E-state index in [9.17, 15) is 0 Å². The van der Waals surface area contributed by atoms with Crippen molar-refractivity contribution in [3.63, 3.8) is 0 Å². The molecule has 0 radical (unpaired) electrons. The molecule has 1 aliphatic heterocycles. The summed E-state index contributed by atoms with van der Waals surface area (Å²) in [7, 11) is 0. The van der Waals surface area contributed by atoms with Gasteiger partial charge in [0.05, 0.1) is 11.4 Å². The number of hydrogen-bond acceptors (Lipinski definition) is 3. The van der Waals surface area contributed by atoms with Crippen LogP contribution in [0.4, 0.5) is 0 Å². The highest BCUT2D eigenvalue weighted by molar-refractivity contribution is 7.12. The summed E-state index contributed by atoms with van der Waals surface area (Å²) in [5.74, 6) is 7.63. The van der Waals surface area contributed by atoms with Crippen molar-refractivity contribution >= 4 is 11.3 Å². The van der Waals surface area contributed by atoms with Crippen molar-refractivity contribution in [1.82, 2.24) is 4.90 Å². The van der Waals surface area contributed by atoms with Gasteiger partial charge in [0, 0.05) is 24.0 Å². The molecule has 104 valence electrons. The predicted molar refractivity (Wildman–Crippen MR) is 83.1 cm³/mol. The second kappa shape index (κ2) is 6.56. The molecule has 2 N–H and O–H groups in total. The quantitative estimate of drug-likeness (QED) is 0.842. The minimum atomic E-state index is 0.436. The van der Waals surface area contributed by atoms with Crippen molar-refractivity contribution in [3.8, 4) is 11.8 Å². The maximum Gasteiger partial charge on any atom is 0.0772 e. The molecule has 19 heavy (non-hydrogen) atoms. The van der Waals surface area contributed by atoms with Crippen molar-refractivity contribution < 1.29 is 0 Å². The average molecular weight is 276 g/mol. The summed E-state index contributed by atoms with van der Waals surface area (Å²) in [4.78, 5) is 5.16. The van der Waals surface area contributed by atoms with Gasteiger partial charge in [0.15, 0.2) is 0 Å². The Morgan fingerprint density at radius 2 is 2.16 bits per heavy atom. The Labute approximate surface area is 121 Å². The summed E-state index contributed by atoms with van der Waals surface area (Å²) in [6.45, 7) is 9.81. The molecule has 0 aliphatic carbocycles. The molecule has 0 spiro atoms. The van der Waals surface area contributed by atoms with Crippen molar-refractivity contribution in [2.45, 2.75) is 39.8 Å². The first kappa shape index (κ1) is 14.6. The van der Waals surface area contributed by atoms with Gasteiger partial charge in [0.2, 0.25) is 0 Å². The summed E-state index contributed by atoms with van der Waals surface area (Å²) < 4.78 is 0. The van der Waals surface area contributed by atoms with Gasteiger partial charge in [-0.2, -0.15) is 0 Å². The van der Waals surface area contributed by atoms with Gasteiger partial charge >= 0.3 is 0 Å². The van der Waals surface area contributed by atoms with Crippen molar-refractivity contribution in [2.75, 3.05) is 13.1 Å².